The van der Waals surface area contributed by atoms with Crippen molar-refractivity contribution in [3.63, 3.8) is 0 Å². The van der Waals surface area contributed by atoms with Crippen molar-refractivity contribution < 1.29 is 4.74 Å². The molecule has 0 bridgehead atoms. The lowest BCUT2D eigenvalue weighted by atomic mass is 10.1. The minimum absolute atomic E-state index is 0.608. The van der Waals surface area contributed by atoms with Crippen LogP contribution in [0.1, 0.15) is 18.1 Å². The summed E-state index contributed by atoms with van der Waals surface area (Å²) in [7, 11) is 0. The third-order valence-corrected chi connectivity index (χ3v) is 3.24. The van der Waals surface area contributed by atoms with Gasteiger partial charge in [0.25, 0.3) is 0 Å². The molecule has 0 saturated heterocycles. The van der Waals surface area contributed by atoms with Crippen LogP contribution in [0.2, 0.25) is 0 Å². The highest BCUT2D eigenvalue weighted by molar-refractivity contribution is 5.78. The molecule has 0 spiro atoms. The molecule has 3 nitrogen and oxygen atoms in total. The van der Waals surface area contributed by atoms with E-state index in [9.17, 15) is 0 Å². The van der Waals surface area contributed by atoms with Crippen LogP contribution in [0.4, 0.5) is 17.1 Å². The van der Waals surface area contributed by atoms with E-state index in [1.54, 1.807) is 0 Å². The summed E-state index contributed by atoms with van der Waals surface area (Å²) in [5.74, 6) is 0.720. The lowest BCUT2D eigenvalue weighted by Crippen LogP contribution is -2.02. The van der Waals surface area contributed by atoms with Crippen LogP contribution in [0.25, 0.3) is 0 Å². The maximum Gasteiger partial charge on any atom is 0.144 e. The fourth-order valence-electron chi connectivity index (χ4n) is 1.97. The maximum absolute atomic E-state index is 6.12. The molecule has 0 saturated carbocycles. The molecule has 0 aromatic heterocycles. The molecule has 0 aliphatic heterocycles. The molecule has 0 unspecified atom stereocenters. The Hall–Kier alpha value is -2.16. The zero-order chi connectivity index (χ0) is 13.8. The van der Waals surface area contributed by atoms with Gasteiger partial charge in [-0.05, 0) is 50.1 Å². The monoisotopic (exact) mass is 256 g/mol. The molecule has 2 aromatic carbocycles. The summed E-state index contributed by atoms with van der Waals surface area (Å²) < 4.78 is 5.50. The second-order valence-corrected chi connectivity index (χ2v) is 4.52. The highest BCUT2D eigenvalue weighted by Gasteiger charge is 2.07. The number of ether oxygens (including phenoxy) is 1. The quantitative estimate of drug-likeness (QED) is 0.812. The molecule has 0 aliphatic rings. The summed E-state index contributed by atoms with van der Waals surface area (Å²) >= 11 is 0. The van der Waals surface area contributed by atoms with Crippen LogP contribution in [-0.4, -0.2) is 6.61 Å². The average Bonchev–Trinajstić information content (AvgIpc) is 2.40. The summed E-state index contributed by atoms with van der Waals surface area (Å²) in [4.78, 5) is 0. The minimum Gasteiger partial charge on any atom is -0.492 e. The number of nitrogen functional groups attached to an aromatic ring is 1. The SMILES string of the molecule is CCOc1cccc(Nc2cccc(C)c2C)c1N. The molecule has 0 radical (unpaired) electrons. The van der Waals surface area contributed by atoms with Crippen LogP contribution in [-0.2, 0) is 0 Å². The molecule has 3 N–H and O–H groups in total. The predicted molar refractivity (Wildman–Crippen MR) is 81.2 cm³/mol. The normalized spacial score (nSPS) is 10.3. The van der Waals surface area contributed by atoms with Gasteiger partial charge in [-0.25, -0.2) is 0 Å². The summed E-state index contributed by atoms with van der Waals surface area (Å²) in [5.41, 5.74) is 11.2. The second kappa shape index (κ2) is 5.65. The summed E-state index contributed by atoms with van der Waals surface area (Å²) in [6, 6.07) is 12.0. The molecule has 0 aliphatic carbocycles. The Kier molecular flexibility index (Phi) is 3.95. The highest BCUT2D eigenvalue weighted by atomic mass is 16.5. The van der Waals surface area contributed by atoms with Gasteiger partial charge in [0.15, 0.2) is 0 Å². The van der Waals surface area contributed by atoms with Crippen molar-refractivity contribution in [3.05, 3.63) is 47.5 Å². The fourth-order valence-corrected chi connectivity index (χ4v) is 1.97. The van der Waals surface area contributed by atoms with Crippen LogP contribution in [0, 0.1) is 13.8 Å². The molecular formula is C16H20N2O. The Bertz CT molecular complexity index is 579. The lowest BCUT2D eigenvalue weighted by Gasteiger charge is -2.15. The largest absolute Gasteiger partial charge is 0.492 e. The van der Waals surface area contributed by atoms with Gasteiger partial charge in [-0.1, -0.05) is 18.2 Å². The fraction of sp³-hybridized carbons (Fsp3) is 0.250. The molecule has 3 heteroatoms. The second-order valence-electron chi connectivity index (χ2n) is 4.52. The van der Waals surface area contributed by atoms with E-state index in [4.69, 9.17) is 10.5 Å². The van der Waals surface area contributed by atoms with Gasteiger partial charge in [0.05, 0.1) is 18.0 Å². The Morgan fingerprint density at radius 2 is 1.74 bits per heavy atom. The number of aryl methyl sites for hydroxylation is 1. The van der Waals surface area contributed by atoms with E-state index in [1.807, 2.05) is 31.2 Å². The third-order valence-electron chi connectivity index (χ3n) is 3.24. The summed E-state index contributed by atoms with van der Waals surface area (Å²) in [6.07, 6.45) is 0. The average molecular weight is 256 g/mol. The van der Waals surface area contributed by atoms with E-state index in [1.165, 1.54) is 11.1 Å². The van der Waals surface area contributed by atoms with Crippen molar-refractivity contribution in [3.8, 4) is 5.75 Å². The van der Waals surface area contributed by atoms with Crippen LogP contribution in [0.5, 0.6) is 5.75 Å². The van der Waals surface area contributed by atoms with E-state index in [2.05, 4.69) is 31.3 Å². The van der Waals surface area contributed by atoms with Crippen LogP contribution < -0.4 is 15.8 Å². The van der Waals surface area contributed by atoms with Gasteiger partial charge in [0.2, 0.25) is 0 Å². The number of nitrogens with two attached hydrogens (primary N) is 1. The summed E-state index contributed by atoms with van der Waals surface area (Å²) in [6.45, 7) is 6.75. The number of hydrogen-bond donors (Lipinski definition) is 2. The molecule has 0 fully saturated rings. The van der Waals surface area contributed by atoms with Crippen LogP contribution >= 0.6 is 0 Å². The van der Waals surface area contributed by atoms with Gasteiger partial charge >= 0.3 is 0 Å². The van der Waals surface area contributed by atoms with Gasteiger partial charge in [-0.3, -0.25) is 0 Å². The minimum atomic E-state index is 0.608. The van der Waals surface area contributed by atoms with Crippen LogP contribution in [0.15, 0.2) is 36.4 Å². The topological polar surface area (TPSA) is 47.3 Å². The van der Waals surface area contributed by atoms with E-state index in [0.29, 0.717) is 12.3 Å². The van der Waals surface area contributed by atoms with Crippen molar-refractivity contribution in [2.75, 3.05) is 17.7 Å². The first-order chi connectivity index (χ1) is 9.13. The Morgan fingerprint density at radius 1 is 1.05 bits per heavy atom. The van der Waals surface area contributed by atoms with Crippen molar-refractivity contribution in [2.24, 2.45) is 0 Å². The molecule has 0 atom stereocenters. The lowest BCUT2D eigenvalue weighted by molar-refractivity contribution is 0.342. The van der Waals surface area contributed by atoms with Gasteiger partial charge < -0.3 is 15.8 Å². The predicted octanol–water partition coefficient (Wildman–Crippen LogP) is 4.03. The van der Waals surface area contributed by atoms with Crippen molar-refractivity contribution >= 4 is 17.1 Å². The van der Waals surface area contributed by atoms with Crippen molar-refractivity contribution in [1.29, 1.82) is 0 Å². The number of nitrogens with one attached hydrogen (secondary N) is 1. The number of anilines is 3. The molecule has 19 heavy (non-hydrogen) atoms. The van der Waals surface area contributed by atoms with Gasteiger partial charge in [0, 0.05) is 5.69 Å². The maximum atomic E-state index is 6.12. The third kappa shape index (κ3) is 2.81. The highest BCUT2D eigenvalue weighted by Crippen LogP contribution is 2.32. The van der Waals surface area contributed by atoms with E-state index >= 15 is 0 Å². The standard InChI is InChI=1S/C16H20N2O/c1-4-19-15-10-6-9-14(16(15)17)18-13-8-5-7-11(2)12(13)3/h5-10,18H,4,17H2,1-3H3. The number of rotatable bonds is 4. The molecular weight excluding hydrogens is 236 g/mol. The summed E-state index contributed by atoms with van der Waals surface area (Å²) in [5, 5.41) is 3.38. The van der Waals surface area contributed by atoms with Gasteiger partial charge in [-0.2, -0.15) is 0 Å². The van der Waals surface area contributed by atoms with Crippen molar-refractivity contribution in [1.82, 2.24) is 0 Å². The van der Waals surface area contributed by atoms with E-state index in [0.717, 1.165) is 17.1 Å². The first-order valence-electron chi connectivity index (χ1n) is 6.48. The molecule has 2 rings (SSSR count). The van der Waals surface area contributed by atoms with Crippen molar-refractivity contribution in [2.45, 2.75) is 20.8 Å². The molecule has 100 valence electrons. The Labute approximate surface area is 114 Å². The van der Waals surface area contributed by atoms with E-state index < -0.39 is 0 Å². The molecule has 0 amide bonds. The zero-order valence-corrected chi connectivity index (χ0v) is 11.7. The van der Waals surface area contributed by atoms with Gasteiger partial charge in [0.1, 0.15) is 5.75 Å². The number of para-hydroxylation sites is 1. The number of hydrogen-bond acceptors (Lipinski definition) is 3. The zero-order valence-electron chi connectivity index (χ0n) is 11.7. The molecule has 0 heterocycles. The van der Waals surface area contributed by atoms with E-state index in [-0.39, 0.29) is 0 Å². The first-order valence-corrected chi connectivity index (χ1v) is 6.48. The number of benzene rings is 2. The Balaban J connectivity index is 2.33. The van der Waals surface area contributed by atoms with Crippen LogP contribution in [0.3, 0.4) is 0 Å². The first kappa shape index (κ1) is 13.3. The van der Waals surface area contributed by atoms with Gasteiger partial charge in [-0.15, -0.1) is 0 Å². The smallest absolute Gasteiger partial charge is 0.144 e. The Morgan fingerprint density at radius 3 is 2.47 bits per heavy atom. The molecule has 2 aromatic rings.